The number of morpholine rings is 1. The summed E-state index contributed by atoms with van der Waals surface area (Å²) < 4.78 is 24.0. The summed E-state index contributed by atoms with van der Waals surface area (Å²) in [5, 5.41) is 10.3. The van der Waals surface area contributed by atoms with E-state index in [1.165, 1.54) is 12.1 Å². The Morgan fingerprint density at radius 3 is 2.76 bits per heavy atom. The van der Waals surface area contributed by atoms with Crippen LogP contribution in [-0.4, -0.2) is 68.7 Å². The lowest BCUT2D eigenvalue weighted by atomic mass is 10.2. The third-order valence-electron chi connectivity index (χ3n) is 3.89. The van der Waals surface area contributed by atoms with E-state index < -0.39 is 6.10 Å². The van der Waals surface area contributed by atoms with Gasteiger partial charge < -0.3 is 19.5 Å². The monoisotopic (exact) mass is 296 g/mol. The maximum Gasteiger partial charge on any atom is 0.145 e. The van der Waals surface area contributed by atoms with Gasteiger partial charge >= 0.3 is 0 Å². The van der Waals surface area contributed by atoms with Gasteiger partial charge in [0.15, 0.2) is 0 Å². The van der Waals surface area contributed by atoms with Crippen molar-refractivity contribution >= 4 is 5.69 Å². The Balaban J connectivity index is 1.60. The van der Waals surface area contributed by atoms with Crippen molar-refractivity contribution < 1.29 is 19.0 Å². The fraction of sp³-hybridized carbons (Fsp3) is 0.600. The highest BCUT2D eigenvalue weighted by atomic mass is 19.1. The number of anilines is 1. The molecule has 5 nitrogen and oxygen atoms in total. The number of nitrogens with zero attached hydrogens (tertiary/aromatic N) is 2. The molecule has 2 heterocycles. The Labute approximate surface area is 123 Å². The van der Waals surface area contributed by atoms with Gasteiger partial charge in [0, 0.05) is 32.2 Å². The van der Waals surface area contributed by atoms with Crippen molar-refractivity contribution in [3.8, 4) is 5.75 Å². The van der Waals surface area contributed by atoms with Gasteiger partial charge in [-0.05, 0) is 12.1 Å². The zero-order valence-corrected chi connectivity index (χ0v) is 12.0. The van der Waals surface area contributed by atoms with Crippen LogP contribution in [0.1, 0.15) is 0 Å². The molecule has 0 saturated carbocycles. The number of benzene rings is 1. The summed E-state index contributed by atoms with van der Waals surface area (Å²) in [6.07, 6.45) is -0.445. The van der Waals surface area contributed by atoms with E-state index in [-0.39, 0.29) is 5.82 Å². The quantitative estimate of drug-likeness (QED) is 0.887. The molecule has 0 aliphatic carbocycles. The number of aliphatic hydroxyl groups is 1. The van der Waals surface area contributed by atoms with Gasteiger partial charge in [-0.2, -0.15) is 0 Å². The second-order valence-corrected chi connectivity index (χ2v) is 5.47. The average molecular weight is 296 g/mol. The van der Waals surface area contributed by atoms with Gasteiger partial charge in [-0.25, -0.2) is 4.39 Å². The molecule has 1 N–H and O–H groups in total. The number of rotatable bonds is 4. The summed E-state index contributed by atoms with van der Waals surface area (Å²) in [7, 11) is 0. The van der Waals surface area contributed by atoms with Crippen molar-refractivity contribution in [3.05, 3.63) is 24.0 Å². The highest BCUT2D eigenvalue weighted by Crippen LogP contribution is 2.32. The molecule has 1 unspecified atom stereocenters. The number of halogens is 1. The predicted molar refractivity (Wildman–Crippen MR) is 77.4 cm³/mol. The summed E-state index contributed by atoms with van der Waals surface area (Å²) in [6, 6.07) is 4.54. The number of hydrogen-bond acceptors (Lipinski definition) is 5. The first-order valence-corrected chi connectivity index (χ1v) is 7.38. The molecule has 1 fully saturated rings. The number of fused-ring (bicyclic) bond motifs is 1. The third kappa shape index (κ3) is 3.64. The van der Waals surface area contributed by atoms with Crippen LogP contribution in [0.2, 0.25) is 0 Å². The Kier molecular flexibility index (Phi) is 4.57. The maximum absolute atomic E-state index is 13.2. The van der Waals surface area contributed by atoms with Crippen LogP contribution >= 0.6 is 0 Å². The lowest BCUT2D eigenvalue weighted by Crippen LogP contribution is -2.46. The second kappa shape index (κ2) is 6.60. The van der Waals surface area contributed by atoms with E-state index in [1.807, 2.05) is 0 Å². The SMILES string of the molecule is OC(CN1CCOCC1)CN1CCOc2cc(F)ccc21. The van der Waals surface area contributed by atoms with Gasteiger partial charge in [-0.3, -0.25) is 4.90 Å². The lowest BCUT2D eigenvalue weighted by molar-refractivity contribution is 0.0159. The third-order valence-corrected chi connectivity index (χ3v) is 3.89. The van der Waals surface area contributed by atoms with Crippen molar-refractivity contribution in [1.82, 2.24) is 4.90 Å². The fourth-order valence-corrected chi connectivity index (χ4v) is 2.83. The summed E-state index contributed by atoms with van der Waals surface area (Å²) in [4.78, 5) is 4.27. The smallest absolute Gasteiger partial charge is 0.145 e. The first-order chi connectivity index (χ1) is 10.2. The van der Waals surface area contributed by atoms with Gasteiger partial charge in [0.2, 0.25) is 0 Å². The molecule has 1 atom stereocenters. The van der Waals surface area contributed by atoms with E-state index in [4.69, 9.17) is 9.47 Å². The van der Waals surface area contributed by atoms with E-state index >= 15 is 0 Å². The Hall–Kier alpha value is -1.37. The molecule has 0 aromatic heterocycles. The number of β-amino-alcohol motifs (C(OH)–C–C–N with tert-alkyl or cyclic N) is 1. The zero-order chi connectivity index (χ0) is 14.7. The summed E-state index contributed by atoms with van der Waals surface area (Å²) in [5.74, 6) is 0.254. The number of ether oxygens (including phenoxy) is 2. The Bertz CT molecular complexity index is 480. The zero-order valence-electron chi connectivity index (χ0n) is 12.0. The topological polar surface area (TPSA) is 45.2 Å². The van der Waals surface area contributed by atoms with Gasteiger partial charge in [0.1, 0.15) is 18.2 Å². The molecular formula is C15H21FN2O3. The molecule has 0 bridgehead atoms. The molecule has 3 rings (SSSR count). The predicted octanol–water partition coefficient (Wildman–Crippen LogP) is 0.718. The number of hydrogen-bond donors (Lipinski definition) is 1. The van der Waals surface area contributed by atoms with E-state index in [9.17, 15) is 9.50 Å². The summed E-state index contributed by atoms with van der Waals surface area (Å²) in [5.41, 5.74) is 0.851. The summed E-state index contributed by atoms with van der Waals surface area (Å²) >= 11 is 0. The molecular weight excluding hydrogens is 275 g/mol. The van der Waals surface area contributed by atoms with Gasteiger partial charge in [0.25, 0.3) is 0 Å². The van der Waals surface area contributed by atoms with Gasteiger partial charge in [0.05, 0.1) is 31.5 Å². The second-order valence-electron chi connectivity index (χ2n) is 5.47. The van der Waals surface area contributed by atoms with Crippen LogP contribution < -0.4 is 9.64 Å². The van der Waals surface area contributed by atoms with Crippen LogP contribution in [0.25, 0.3) is 0 Å². The maximum atomic E-state index is 13.2. The van der Waals surface area contributed by atoms with Crippen molar-refractivity contribution in [1.29, 1.82) is 0 Å². The largest absolute Gasteiger partial charge is 0.489 e. The minimum absolute atomic E-state index is 0.301. The van der Waals surface area contributed by atoms with Crippen LogP contribution in [0.5, 0.6) is 5.75 Å². The summed E-state index contributed by atoms with van der Waals surface area (Å²) in [6.45, 7) is 5.57. The minimum Gasteiger partial charge on any atom is -0.489 e. The standard InChI is InChI=1S/C15H21FN2O3/c16-12-1-2-14-15(9-12)21-8-5-18(14)11-13(19)10-17-3-6-20-7-4-17/h1-2,9,13,19H,3-8,10-11H2. The molecule has 2 aliphatic rings. The van der Waals surface area contributed by atoms with Crippen LogP contribution in [-0.2, 0) is 4.74 Å². The Morgan fingerprint density at radius 2 is 1.95 bits per heavy atom. The number of aliphatic hydroxyl groups excluding tert-OH is 1. The highest BCUT2D eigenvalue weighted by Gasteiger charge is 2.22. The van der Waals surface area contributed by atoms with Crippen molar-refractivity contribution in [2.45, 2.75) is 6.10 Å². The molecule has 1 aromatic rings. The van der Waals surface area contributed by atoms with Crippen LogP contribution in [0.15, 0.2) is 18.2 Å². The van der Waals surface area contributed by atoms with Crippen molar-refractivity contribution in [3.63, 3.8) is 0 Å². The van der Waals surface area contributed by atoms with E-state index in [1.54, 1.807) is 6.07 Å². The van der Waals surface area contributed by atoms with Crippen LogP contribution in [0.3, 0.4) is 0 Å². The molecule has 21 heavy (non-hydrogen) atoms. The normalized spacial score (nSPS) is 20.8. The van der Waals surface area contributed by atoms with Crippen LogP contribution in [0.4, 0.5) is 10.1 Å². The molecule has 1 saturated heterocycles. The Morgan fingerprint density at radius 1 is 1.14 bits per heavy atom. The minimum atomic E-state index is -0.445. The van der Waals surface area contributed by atoms with Crippen molar-refractivity contribution in [2.24, 2.45) is 0 Å². The highest BCUT2D eigenvalue weighted by molar-refractivity contribution is 5.60. The lowest BCUT2D eigenvalue weighted by Gasteiger charge is -2.34. The molecule has 1 aromatic carbocycles. The van der Waals surface area contributed by atoms with Gasteiger partial charge in [-0.1, -0.05) is 0 Å². The van der Waals surface area contributed by atoms with Gasteiger partial charge in [-0.15, -0.1) is 0 Å². The van der Waals surface area contributed by atoms with Crippen LogP contribution in [0, 0.1) is 5.82 Å². The molecule has 6 heteroatoms. The van der Waals surface area contributed by atoms with E-state index in [0.717, 1.165) is 32.0 Å². The van der Waals surface area contributed by atoms with E-state index in [2.05, 4.69) is 9.80 Å². The first kappa shape index (κ1) is 14.6. The molecule has 2 aliphatic heterocycles. The molecule has 0 amide bonds. The molecule has 116 valence electrons. The molecule has 0 radical (unpaired) electrons. The fourth-order valence-electron chi connectivity index (χ4n) is 2.83. The van der Waals surface area contributed by atoms with Crippen molar-refractivity contribution in [2.75, 3.05) is 57.4 Å². The van der Waals surface area contributed by atoms with E-state index in [0.29, 0.717) is 32.0 Å². The first-order valence-electron chi connectivity index (χ1n) is 7.38. The average Bonchev–Trinajstić information content (AvgIpc) is 2.48. The molecule has 0 spiro atoms.